The van der Waals surface area contributed by atoms with Gasteiger partial charge in [0.1, 0.15) is 36.2 Å². The Hall–Kier alpha value is -3.42. The molecule has 0 unspecified atom stereocenters. The van der Waals surface area contributed by atoms with E-state index in [0.29, 0.717) is 16.8 Å². The fraction of sp³-hybridized carbons (Fsp3) is 0.176. The number of aromatic nitrogens is 4. The van der Waals surface area contributed by atoms with Crippen LogP contribution in [0, 0.1) is 0 Å². The molecule has 0 saturated heterocycles. The predicted octanol–water partition coefficient (Wildman–Crippen LogP) is 1.62. The Labute approximate surface area is 141 Å². The van der Waals surface area contributed by atoms with Crippen LogP contribution in [-0.4, -0.2) is 25.3 Å². The first kappa shape index (κ1) is 15.1. The summed E-state index contributed by atoms with van der Waals surface area (Å²) in [4.78, 5) is 28.5. The van der Waals surface area contributed by atoms with E-state index in [1.807, 2.05) is 30.3 Å². The zero-order valence-corrected chi connectivity index (χ0v) is 13.4. The Bertz CT molecular complexity index is 1110. The van der Waals surface area contributed by atoms with E-state index in [9.17, 15) is 9.59 Å². The maximum absolute atomic E-state index is 12.3. The molecule has 0 aliphatic heterocycles. The molecule has 0 fully saturated rings. The molecule has 0 spiro atoms. The van der Waals surface area contributed by atoms with Gasteiger partial charge in [-0.1, -0.05) is 18.2 Å². The fourth-order valence-corrected chi connectivity index (χ4v) is 2.62. The van der Waals surface area contributed by atoms with Crippen molar-refractivity contribution in [3.8, 4) is 0 Å². The van der Waals surface area contributed by atoms with Gasteiger partial charge in [0.2, 0.25) is 0 Å². The second kappa shape index (κ2) is 5.90. The smallest absolute Gasteiger partial charge is 0.326 e. The normalized spacial score (nSPS) is 11.2. The Morgan fingerprint density at radius 2 is 2.16 bits per heavy atom. The predicted molar refractivity (Wildman–Crippen MR) is 88.8 cm³/mol. The standard InChI is InChI=1S/C17H14N4O4/c1-20-16-13(7-19-20)17(23)21(10-18-16)8-15(22)24-9-12-6-11-4-2-3-5-14(11)25-12/h2-7,10H,8-9H2,1H3. The lowest BCUT2D eigenvalue weighted by Gasteiger charge is -2.05. The molecule has 0 amide bonds. The third-order valence-electron chi connectivity index (χ3n) is 3.87. The molecule has 0 N–H and O–H groups in total. The molecule has 25 heavy (non-hydrogen) atoms. The monoisotopic (exact) mass is 338 g/mol. The number of hydrogen-bond donors (Lipinski definition) is 0. The highest BCUT2D eigenvalue weighted by atomic mass is 16.5. The molecule has 0 bridgehead atoms. The van der Waals surface area contributed by atoms with Crippen molar-refractivity contribution >= 4 is 28.0 Å². The molecular formula is C17H14N4O4. The van der Waals surface area contributed by atoms with Crippen LogP contribution in [0.5, 0.6) is 0 Å². The minimum Gasteiger partial charge on any atom is -0.457 e. The molecule has 126 valence electrons. The average Bonchev–Trinajstić information content (AvgIpc) is 3.19. The third-order valence-corrected chi connectivity index (χ3v) is 3.87. The Morgan fingerprint density at radius 3 is 3.00 bits per heavy atom. The summed E-state index contributed by atoms with van der Waals surface area (Å²) >= 11 is 0. The number of fused-ring (bicyclic) bond motifs is 2. The summed E-state index contributed by atoms with van der Waals surface area (Å²) in [5.41, 5.74) is 0.867. The minimum atomic E-state index is -0.549. The molecule has 8 nitrogen and oxygen atoms in total. The van der Waals surface area contributed by atoms with E-state index in [1.54, 1.807) is 7.05 Å². The highest BCUT2D eigenvalue weighted by Crippen LogP contribution is 2.19. The summed E-state index contributed by atoms with van der Waals surface area (Å²) in [6.45, 7) is -0.221. The van der Waals surface area contributed by atoms with Crippen LogP contribution in [0.2, 0.25) is 0 Å². The van der Waals surface area contributed by atoms with Crippen molar-refractivity contribution in [3.63, 3.8) is 0 Å². The van der Waals surface area contributed by atoms with Crippen molar-refractivity contribution < 1.29 is 13.9 Å². The van der Waals surface area contributed by atoms with E-state index in [-0.39, 0.29) is 18.7 Å². The molecule has 0 radical (unpaired) electrons. The van der Waals surface area contributed by atoms with E-state index in [2.05, 4.69) is 10.1 Å². The molecule has 3 heterocycles. The van der Waals surface area contributed by atoms with Gasteiger partial charge in [0.25, 0.3) is 5.56 Å². The van der Waals surface area contributed by atoms with Gasteiger partial charge < -0.3 is 9.15 Å². The Kier molecular flexibility index (Phi) is 3.57. The highest BCUT2D eigenvalue weighted by Gasteiger charge is 2.12. The lowest BCUT2D eigenvalue weighted by molar-refractivity contribution is -0.146. The molecule has 0 saturated carbocycles. The molecule has 0 aliphatic carbocycles. The average molecular weight is 338 g/mol. The van der Waals surface area contributed by atoms with Gasteiger partial charge >= 0.3 is 5.97 Å². The molecule has 0 aliphatic rings. The quantitative estimate of drug-likeness (QED) is 0.525. The summed E-state index contributed by atoms with van der Waals surface area (Å²) in [6, 6.07) is 9.35. The highest BCUT2D eigenvalue weighted by molar-refractivity contribution is 5.78. The maximum atomic E-state index is 12.3. The number of nitrogens with zero attached hydrogens (tertiary/aromatic N) is 4. The van der Waals surface area contributed by atoms with Crippen LogP contribution < -0.4 is 5.56 Å². The van der Waals surface area contributed by atoms with Crippen molar-refractivity contribution in [2.45, 2.75) is 13.2 Å². The van der Waals surface area contributed by atoms with Gasteiger partial charge in [-0.2, -0.15) is 5.10 Å². The van der Waals surface area contributed by atoms with Gasteiger partial charge in [0, 0.05) is 12.4 Å². The number of rotatable bonds is 4. The number of para-hydroxylation sites is 1. The van der Waals surface area contributed by atoms with Crippen molar-refractivity contribution in [2.24, 2.45) is 7.05 Å². The molecular weight excluding hydrogens is 324 g/mol. The summed E-state index contributed by atoms with van der Waals surface area (Å²) in [6.07, 6.45) is 2.75. The lowest BCUT2D eigenvalue weighted by atomic mass is 10.2. The molecule has 4 aromatic rings. The summed E-state index contributed by atoms with van der Waals surface area (Å²) in [7, 11) is 1.70. The van der Waals surface area contributed by atoms with Crippen LogP contribution in [-0.2, 0) is 29.7 Å². The zero-order valence-electron chi connectivity index (χ0n) is 13.4. The van der Waals surface area contributed by atoms with E-state index < -0.39 is 5.97 Å². The van der Waals surface area contributed by atoms with Crippen LogP contribution in [0.25, 0.3) is 22.0 Å². The van der Waals surface area contributed by atoms with Crippen molar-refractivity contribution in [1.82, 2.24) is 19.3 Å². The first-order valence-electron chi connectivity index (χ1n) is 7.62. The number of benzene rings is 1. The molecule has 1 aromatic carbocycles. The van der Waals surface area contributed by atoms with Crippen LogP contribution in [0.1, 0.15) is 5.76 Å². The largest absolute Gasteiger partial charge is 0.457 e. The number of carbonyl (C=O) groups excluding carboxylic acids is 1. The molecule has 4 rings (SSSR count). The number of aryl methyl sites for hydroxylation is 1. The van der Waals surface area contributed by atoms with Crippen molar-refractivity contribution in [3.05, 3.63) is 59.0 Å². The van der Waals surface area contributed by atoms with Crippen molar-refractivity contribution in [2.75, 3.05) is 0 Å². The van der Waals surface area contributed by atoms with Gasteiger partial charge in [-0.05, 0) is 12.1 Å². The van der Waals surface area contributed by atoms with Gasteiger partial charge in [0.05, 0.1) is 6.20 Å². The summed E-state index contributed by atoms with van der Waals surface area (Å²) in [5, 5.41) is 5.28. The van der Waals surface area contributed by atoms with Crippen LogP contribution in [0.4, 0.5) is 0 Å². The van der Waals surface area contributed by atoms with E-state index in [1.165, 1.54) is 21.8 Å². The van der Waals surface area contributed by atoms with Gasteiger partial charge in [-0.25, -0.2) is 4.98 Å². The maximum Gasteiger partial charge on any atom is 0.326 e. The minimum absolute atomic E-state index is 0.00479. The summed E-state index contributed by atoms with van der Waals surface area (Å²) in [5.74, 6) is -0.00432. The number of furan rings is 1. The van der Waals surface area contributed by atoms with E-state index in [4.69, 9.17) is 9.15 Å². The van der Waals surface area contributed by atoms with Crippen LogP contribution >= 0.6 is 0 Å². The fourth-order valence-electron chi connectivity index (χ4n) is 2.62. The number of ether oxygens (including phenoxy) is 1. The zero-order chi connectivity index (χ0) is 17.4. The first-order valence-corrected chi connectivity index (χ1v) is 7.62. The summed E-state index contributed by atoms with van der Waals surface area (Å²) < 4.78 is 13.5. The number of esters is 1. The second-order valence-electron chi connectivity index (χ2n) is 5.59. The van der Waals surface area contributed by atoms with Gasteiger partial charge in [-0.3, -0.25) is 18.8 Å². The molecule has 0 atom stereocenters. The van der Waals surface area contributed by atoms with Gasteiger partial charge in [-0.15, -0.1) is 0 Å². The lowest BCUT2D eigenvalue weighted by Crippen LogP contribution is -2.25. The molecule has 3 aromatic heterocycles. The van der Waals surface area contributed by atoms with Crippen LogP contribution in [0.3, 0.4) is 0 Å². The third kappa shape index (κ3) is 2.78. The molecule has 8 heteroatoms. The topological polar surface area (TPSA) is 92.2 Å². The van der Waals surface area contributed by atoms with E-state index in [0.717, 1.165) is 11.0 Å². The first-order chi connectivity index (χ1) is 12.1. The SMILES string of the molecule is Cn1ncc2c(=O)n(CC(=O)OCc3cc4ccccc4o3)cnc21. The Morgan fingerprint density at radius 1 is 1.32 bits per heavy atom. The Balaban J connectivity index is 1.47. The van der Waals surface area contributed by atoms with Crippen molar-refractivity contribution in [1.29, 1.82) is 0 Å². The number of carbonyl (C=O) groups is 1. The second-order valence-corrected chi connectivity index (χ2v) is 5.59. The van der Waals surface area contributed by atoms with E-state index >= 15 is 0 Å². The number of hydrogen-bond acceptors (Lipinski definition) is 6. The van der Waals surface area contributed by atoms with Crippen LogP contribution in [0.15, 0.2) is 52.1 Å². The van der Waals surface area contributed by atoms with Gasteiger partial charge in [0.15, 0.2) is 5.65 Å².